The first kappa shape index (κ1) is 35.2. The summed E-state index contributed by atoms with van der Waals surface area (Å²) >= 11 is 0. The summed E-state index contributed by atoms with van der Waals surface area (Å²) < 4.78 is 26.9. The van der Waals surface area contributed by atoms with Gasteiger partial charge in [0.25, 0.3) is 0 Å². The molecule has 49 heavy (non-hydrogen) atoms. The molecule has 0 spiro atoms. The van der Waals surface area contributed by atoms with Crippen LogP contribution in [-0.2, 0) is 35.1 Å². The Morgan fingerprint density at radius 3 is 2.08 bits per heavy atom. The molecule has 15 nitrogen and oxygen atoms in total. The van der Waals surface area contributed by atoms with Gasteiger partial charge in [0.05, 0.1) is 11.1 Å². The van der Waals surface area contributed by atoms with E-state index in [0.717, 1.165) is 18.2 Å². The molecule has 1 fully saturated rings. The average molecular weight is 681 g/mol. The second kappa shape index (κ2) is 14.9. The largest absolute Gasteiger partial charge is 0.508 e. The predicted octanol–water partition coefficient (Wildman–Crippen LogP) is -0.0647. The number of benzene rings is 3. The summed E-state index contributed by atoms with van der Waals surface area (Å²) in [6.07, 6.45) is -11.0. The smallest absolute Gasteiger partial charge is 0.346 e. The molecule has 15 heteroatoms. The summed E-state index contributed by atoms with van der Waals surface area (Å²) in [6.45, 7) is -1.32. The normalized spacial score (nSPS) is 27.9. The van der Waals surface area contributed by atoms with Crippen LogP contribution in [0.5, 0.6) is 11.5 Å². The van der Waals surface area contributed by atoms with Gasteiger partial charge in [-0.25, -0.2) is 14.4 Å². The van der Waals surface area contributed by atoms with Crippen molar-refractivity contribution in [3.63, 3.8) is 0 Å². The molecule has 3 aromatic rings. The third kappa shape index (κ3) is 7.62. The molecule has 0 bridgehead atoms. The predicted molar refractivity (Wildman–Crippen MR) is 163 cm³/mol. The molecule has 1 aliphatic heterocycles. The molecule has 1 aliphatic carbocycles. The molecule has 0 unspecified atom stereocenters. The number of ketones is 1. The van der Waals surface area contributed by atoms with Crippen LogP contribution in [0.4, 0.5) is 0 Å². The molecular weight excluding hydrogens is 648 g/mol. The van der Waals surface area contributed by atoms with Crippen LogP contribution < -0.4 is 4.74 Å². The first-order chi connectivity index (χ1) is 23.4. The molecule has 3 aromatic carbocycles. The maximum absolute atomic E-state index is 13.3. The van der Waals surface area contributed by atoms with Crippen LogP contribution in [0, 0.1) is 0 Å². The molecule has 1 saturated heterocycles. The SMILES string of the molecule is O=C(OC[C@@H]1O[C@H](Oc2ccc(O)cc2COC(=O)[C@@]2(O)[C@H](O)C=CC(=O)[C@@H]2OC(=O)c2ccccc2)[C@@H](O)[C@H](O)[C@H]1O)c1ccccc1. The highest BCUT2D eigenvalue weighted by Crippen LogP contribution is 2.32. The van der Waals surface area contributed by atoms with Crippen molar-refractivity contribution >= 4 is 23.7 Å². The van der Waals surface area contributed by atoms with Crippen molar-refractivity contribution in [2.45, 2.75) is 55.1 Å². The lowest BCUT2D eigenvalue weighted by Gasteiger charge is -2.40. The molecular formula is C34H32O15. The molecule has 0 aromatic heterocycles. The van der Waals surface area contributed by atoms with Crippen molar-refractivity contribution in [1.82, 2.24) is 0 Å². The van der Waals surface area contributed by atoms with Crippen LogP contribution in [0.3, 0.4) is 0 Å². The highest BCUT2D eigenvalue weighted by atomic mass is 16.7. The van der Waals surface area contributed by atoms with Gasteiger partial charge in [0.2, 0.25) is 18.0 Å². The fraction of sp³-hybridized carbons (Fsp3) is 0.294. The summed E-state index contributed by atoms with van der Waals surface area (Å²) in [5, 5.41) is 63.5. The van der Waals surface area contributed by atoms with Gasteiger partial charge < -0.3 is 54.3 Å². The van der Waals surface area contributed by atoms with Gasteiger partial charge >= 0.3 is 17.9 Å². The Hall–Kier alpha value is -5.16. The molecule has 2 aliphatic rings. The number of aliphatic hydroxyl groups excluding tert-OH is 4. The number of hydrogen-bond acceptors (Lipinski definition) is 15. The van der Waals surface area contributed by atoms with Gasteiger partial charge in [0.1, 0.15) is 55.2 Å². The summed E-state index contributed by atoms with van der Waals surface area (Å²) in [7, 11) is 0. The number of carbonyl (C=O) groups is 4. The van der Waals surface area contributed by atoms with Crippen LogP contribution in [0.1, 0.15) is 26.3 Å². The number of ether oxygens (including phenoxy) is 5. The van der Waals surface area contributed by atoms with Gasteiger partial charge in [-0.1, -0.05) is 36.4 Å². The van der Waals surface area contributed by atoms with Gasteiger partial charge in [-0.15, -0.1) is 0 Å². The summed E-state index contributed by atoms with van der Waals surface area (Å²) in [6, 6.07) is 18.8. The fourth-order valence-electron chi connectivity index (χ4n) is 5.06. The molecule has 8 atom stereocenters. The van der Waals surface area contributed by atoms with E-state index in [1.54, 1.807) is 24.3 Å². The minimum Gasteiger partial charge on any atom is -0.508 e. The third-order valence-electron chi connectivity index (χ3n) is 7.82. The van der Waals surface area contributed by atoms with E-state index in [-0.39, 0.29) is 28.2 Å². The molecule has 0 amide bonds. The Balaban J connectivity index is 1.29. The lowest BCUT2D eigenvalue weighted by Crippen LogP contribution is -2.63. The first-order valence-electron chi connectivity index (χ1n) is 14.9. The first-order valence-corrected chi connectivity index (χ1v) is 14.9. The van der Waals surface area contributed by atoms with Crippen molar-refractivity contribution in [3.8, 4) is 11.5 Å². The third-order valence-corrected chi connectivity index (χ3v) is 7.82. The summed E-state index contributed by atoms with van der Waals surface area (Å²) in [4.78, 5) is 51.0. The standard InChI is InChI=1S/C34H32O15/c35-21-11-13-23(47-32-28(40)27(39)26(38)24(48-32)17-45-30(41)18-7-3-1-4-8-18)20(15-21)16-46-33(43)34(44)25(37)14-12-22(36)29(34)49-31(42)19-9-5-2-6-10-19/h1-15,24-29,32,35,37-40,44H,16-17H2/t24-,25+,26-,27+,28-,29-,32-,34+/m0/s1. The topological polar surface area (TPSA) is 236 Å². The molecule has 0 saturated carbocycles. The lowest BCUT2D eigenvalue weighted by atomic mass is 9.83. The van der Waals surface area contributed by atoms with E-state index in [1.165, 1.54) is 48.5 Å². The number of hydrogen-bond donors (Lipinski definition) is 6. The van der Waals surface area contributed by atoms with E-state index in [0.29, 0.717) is 0 Å². The zero-order valence-corrected chi connectivity index (χ0v) is 25.5. The number of aliphatic hydroxyl groups is 5. The Bertz CT molecular complexity index is 1690. The quantitative estimate of drug-likeness (QED) is 0.122. The van der Waals surface area contributed by atoms with E-state index in [1.807, 2.05) is 0 Å². The molecule has 5 rings (SSSR count). The summed E-state index contributed by atoms with van der Waals surface area (Å²) in [5.74, 6) is -4.92. The molecule has 258 valence electrons. The van der Waals surface area contributed by atoms with Gasteiger partial charge in [0, 0.05) is 5.56 Å². The highest BCUT2D eigenvalue weighted by molar-refractivity contribution is 6.03. The Kier molecular flexibility index (Phi) is 10.7. The van der Waals surface area contributed by atoms with Gasteiger partial charge in [-0.3, -0.25) is 4.79 Å². The zero-order valence-electron chi connectivity index (χ0n) is 25.5. The van der Waals surface area contributed by atoms with Crippen molar-refractivity contribution < 1.29 is 73.5 Å². The highest BCUT2D eigenvalue weighted by Gasteiger charge is 2.58. The van der Waals surface area contributed by atoms with E-state index in [2.05, 4.69) is 0 Å². The van der Waals surface area contributed by atoms with Gasteiger partial charge in [-0.05, 0) is 54.6 Å². The maximum atomic E-state index is 13.3. The van der Waals surface area contributed by atoms with Crippen LogP contribution in [0.15, 0.2) is 91.0 Å². The minimum absolute atomic E-state index is 0.00189. The van der Waals surface area contributed by atoms with Crippen LogP contribution in [0.2, 0.25) is 0 Å². The Morgan fingerprint density at radius 1 is 0.796 bits per heavy atom. The minimum atomic E-state index is -3.08. The Labute approximate surface area is 278 Å². The number of esters is 3. The second-order valence-corrected chi connectivity index (χ2v) is 11.1. The van der Waals surface area contributed by atoms with Crippen LogP contribution >= 0.6 is 0 Å². The fourth-order valence-corrected chi connectivity index (χ4v) is 5.06. The van der Waals surface area contributed by atoms with Gasteiger partial charge in [-0.2, -0.15) is 0 Å². The maximum Gasteiger partial charge on any atom is 0.346 e. The molecule has 6 N–H and O–H groups in total. The van der Waals surface area contributed by atoms with Crippen LogP contribution in [0.25, 0.3) is 0 Å². The number of aromatic hydroxyl groups is 1. The number of phenols is 1. The monoisotopic (exact) mass is 680 g/mol. The number of carbonyl (C=O) groups excluding carboxylic acids is 4. The lowest BCUT2D eigenvalue weighted by molar-refractivity contribution is -0.277. The van der Waals surface area contributed by atoms with Crippen molar-refractivity contribution in [3.05, 3.63) is 108 Å². The van der Waals surface area contributed by atoms with E-state index in [9.17, 15) is 49.8 Å². The van der Waals surface area contributed by atoms with E-state index >= 15 is 0 Å². The van der Waals surface area contributed by atoms with Crippen molar-refractivity contribution in [2.24, 2.45) is 0 Å². The summed E-state index contributed by atoms with van der Waals surface area (Å²) in [5.41, 5.74) is -2.96. The molecule has 1 heterocycles. The number of rotatable bonds is 10. The van der Waals surface area contributed by atoms with E-state index < -0.39 is 85.4 Å². The Morgan fingerprint density at radius 2 is 1.43 bits per heavy atom. The van der Waals surface area contributed by atoms with Gasteiger partial charge in [0.15, 0.2) is 5.78 Å². The van der Waals surface area contributed by atoms with Crippen molar-refractivity contribution in [2.75, 3.05) is 6.61 Å². The molecule has 0 radical (unpaired) electrons. The van der Waals surface area contributed by atoms with E-state index in [4.69, 9.17) is 23.7 Å². The van der Waals surface area contributed by atoms with Crippen LogP contribution in [-0.4, -0.2) is 109 Å². The number of phenolic OH excluding ortho intramolecular Hbond substituents is 1. The van der Waals surface area contributed by atoms with Crippen molar-refractivity contribution in [1.29, 1.82) is 0 Å². The zero-order chi connectivity index (χ0) is 35.3. The second-order valence-electron chi connectivity index (χ2n) is 11.1. The average Bonchev–Trinajstić information content (AvgIpc) is 3.11.